The Labute approximate surface area is 184 Å². The second-order valence-electron chi connectivity index (χ2n) is 6.81. The topological polar surface area (TPSA) is 117 Å². The van der Waals surface area contributed by atoms with Gasteiger partial charge >= 0.3 is 11.9 Å². The molecule has 2 N–H and O–H groups in total. The Morgan fingerprint density at radius 1 is 0.906 bits per heavy atom. The zero-order chi connectivity index (χ0) is 23.7. The number of methoxy groups -OCH3 is 2. The summed E-state index contributed by atoms with van der Waals surface area (Å²) in [5.74, 6) is -2.92. The minimum atomic E-state index is -1.82. The van der Waals surface area contributed by atoms with Gasteiger partial charge in [-0.25, -0.2) is 14.0 Å². The van der Waals surface area contributed by atoms with Crippen molar-refractivity contribution < 1.29 is 38.5 Å². The number of carbonyl (C=O) groups excluding carboxylic acids is 1. The molecule has 9 nitrogen and oxygen atoms in total. The normalized spacial score (nSPS) is 13.5. The molecule has 172 valence electrons. The molecule has 1 fully saturated rings. The van der Waals surface area contributed by atoms with Crippen molar-refractivity contribution in [3.05, 3.63) is 59.4 Å². The van der Waals surface area contributed by atoms with Crippen molar-refractivity contribution in [1.82, 2.24) is 9.80 Å². The van der Waals surface area contributed by atoms with Gasteiger partial charge in [0.2, 0.25) is 0 Å². The average molecular weight is 448 g/mol. The highest BCUT2D eigenvalue weighted by Gasteiger charge is 2.25. The number of piperazine rings is 1. The number of rotatable bonds is 5. The van der Waals surface area contributed by atoms with E-state index in [9.17, 15) is 9.18 Å². The maximum atomic E-state index is 13.8. The summed E-state index contributed by atoms with van der Waals surface area (Å²) >= 11 is 0. The minimum Gasteiger partial charge on any atom is -0.493 e. The summed E-state index contributed by atoms with van der Waals surface area (Å²) in [6, 6.07) is 12.1. The minimum absolute atomic E-state index is 0.0775. The molecule has 0 radical (unpaired) electrons. The first-order valence-electron chi connectivity index (χ1n) is 9.70. The SMILES string of the molecule is COc1cccc(C(=O)N2CCN(Cc3ccccc3F)CC2)c1OC.O=C(O)C(=O)O. The highest BCUT2D eigenvalue weighted by Crippen LogP contribution is 2.31. The molecule has 0 saturated carbocycles. The molecule has 32 heavy (non-hydrogen) atoms. The number of carbonyl (C=O) groups is 3. The number of hydrogen-bond acceptors (Lipinski definition) is 6. The van der Waals surface area contributed by atoms with Crippen molar-refractivity contribution in [2.75, 3.05) is 40.4 Å². The van der Waals surface area contributed by atoms with Gasteiger partial charge in [0.05, 0.1) is 19.8 Å². The van der Waals surface area contributed by atoms with Crippen molar-refractivity contribution in [1.29, 1.82) is 0 Å². The molecule has 0 atom stereocenters. The molecule has 10 heteroatoms. The fourth-order valence-electron chi connectivity index (χ4n) is 3.20. The molecule has 1 aliphatic rings. The maximum absolute atomic E-state index is 13.8. The third-order valence-electron chi connectivity index (χ3n) is 4.83. The van der Waals surface area contributed by atoms with E-state index in [-0.39, 0.29) is 11.7 Å². The van der Waals surface area contributed by atoms with E-state index in [0.717, 1.165) is 0 Å². The van der Waals surface area contributed by atoms with Crippen LogP contribution < -0.4 is 9.47 Å². The first-order chi connectivity index (χ1) is 15.3. The molecule has 0 bridgehead atoms. The Hall–Kier alpha value is -3.66. The summed E-state index contributed by atoms with van der Waals surface area (Å²) in [7, 11) is 3.08. The van der Waals surface area contributed by atoms with Crippen molar-refractivity contribution in [2.24, 2.45) is 0 Å². The Kier molecular flexibility index (Phi) is 8.96. The fraction of sp³-hybridized carbons (Fsp3) is 0.318. The number of nitrogens with zero attached hydrogens (tertiary/aromatic N) is 2. The molecule has 2 aromatic carbocycles. The number of para-hydroxylation sites is 1. The molecule has 1 saturated heterocycles. The summed E-state index contributed by atoms with van der Waals surface area (Å²) in [6.07, 6.45) is 0. The Morgan fingerprint density at radius 3 is 2.06 bits per heavy atom. The van der Waals surface area contributed by atoms with Crippen LogP contribution in [0.3, 0.4) is 0 Å². The number of amides is 1. The number of benzene rings is 2. The maximum Gasteiger partial charge on any atom is 0.414 e. The van der Waals surface area contributed by atoms with Crippen molar-refractivity contribution in [3.63, 3.8) is 0 Å². The van der Waals surface area contributed by atoms with E-state index in [1.54, 1.807) is 42.3 Å². The molecule has 1 heterocycles. The third kappa shape index (κ3) is 6.42. The van der Waals surface area contributed by atoms with Gasteiger partial charge in [0, 0.05) is 38.3 Å². The van der Waals surface area contributed by atoms with E-state index >= 15 is 0 Å². The molecule has 0 aromatic heterocycles. The van der Waals surface area contributed by atoms with E-state index in [4.69, 9.17) is 29.3 Å². The molecule has 1 amide bonds. The first kappa shape index (κ1) is 24.6. The van der Waals surface area contributed by atoms with Crippen molar-refractivity contribution in [3.8, 4) is 11.5 Å². The van der Waals surface area contributed by atoms with Crippen LogP contribution in [0.5, 0.6) is 11.5 Å². The second-order valence-corrected chi connectivity index (χ2v) is 6.81. The molecular weight excluding hydrogens is 423 g/mol. The summed E-state index contributed by atoms with van der Waals surface area (Å²) in [5.41, 5.74) is 1.18. The highest BCUT2D eigenvalue weighted by atomic mass is 19.1. The van der Waals surface area contributed by atoms with Gasteiger partial charge in [-0.2, -0.15) is 0 Å². The predicted octanol–water partition coefficient (Wildman–Crippen LogP) is 1.96. The van der Waals surface area contributed by atoms with Gasteiger partial charge in [0.1, 0.15) is 5.82 Å². The van der Waals surface area contributed by atoms with Gasteiger partial charge in [0.25, 0.3) is 5.91 Å². The van der Waals surface area contributed by atoms with E-state index in [1.165, 1.54) is 13.2 Å². The summed E-state index contributed by atoms with van der Waals surface area (Å²) in [6.45, 7) is 3.14. The largest absolute Gasteiger partial charge is 0.493 e. The van der Waals surface area contributed by atoms with Crippen LogP contribution in [-0.2, 0) is 16.1 Å². The number of carboxylic acid groups (broad SMARTS) is 2. The molecular formula is C22H25FN2O7. The van der Waals surface area contributed by atoms with Gasteiger partial charge in [-0.3, -0.25) is 9.69 Å². The van der Waals surface area contributed by atoms with E-state index in [1.807, 2.05) is 6.07 Å². The quantitative estimate of drug-likeness (QED) is 0.667. The molecule has 2 aromatic rings. The predicted molar refractivity (Wildman–Crippen MR) is 112 cm³/mol. The third-order valence-corrected chi connectivity index (χ3v) is 4.83. The Morgan fingerprint density at radius 2 is 1.53 bits per heavy atom. The second kappa shape index (κ2) is 11.7. The van der Waals surface area contributed by atoms with E-state index in [0.29, 0.717) is 55.3 Å². The number of ether oxygens (including phenoxy) is 2. The zero-order valence-electron chi connectivity index (χ0n) is 17.8. The lowest BCUT2D eigenvalue weighted by atomic mass is 10.1. The smallest absolute Gasteiger partial charge is 0.414 e. The lowest BCUT2D eigenvalue weighted by molar-refractivity contribution is -0.159. The van der Waals surface area contributed by atoms with Crippen molar-refractivity contribution >= 4 is 17.8 Å². The monoisotopic (exact) mass is 448 g/mol. The molecule has 0 aliphatic carbocycles. The number of carboxylic acids is 2. The van der Waals surface area contributed by atoms with Gasteiger partial charge < -0.3 is 24.6 Å². The van der Waals surface area contributed by atoms with Crippen LogP contribution in [0.2, 0.25) is 0 Å². The van der Waals surface area contributed by atoms with Crippen LogP contribution >= 0.6 is 0 Å². The average Bonchev–Trinajstić information content (AvgIpc) is 2.80. The van der Waals surface area contributed by atoms with E-state index in [2.05, 4.69) is 4.90 Å². The number of halogens is 1. The summed E-state index contributed by atoms with van der Waals surface area (Å²) in [5, 5.41) is 14.8. The van der Waals surface area contributed by atoms with Crippen LogP contribution in [0, 0.1) is 5.82 Å². The number of aliphatic carboxylic acids is 2. The Balaban J connectivity index is 0.000000534. The summed E-state index contributed by atoms with van der Waals surface area (Å²) < 4.78 is 24.4. The van der Waals surface area contributed by atoms with Gasteiger partial charge in [-0.05, 0) is 18.2 Å². The molecule has 0 spiro atoms. The standard InChI is InChI=1S/C20H23FN2O3.C2H2O4/c1-25-18-9-5-7-16(19(18)26-2)20(24)23-12-10-22(11-13-23)14-15-6-3-4-8-17(15)21;3-1(4)2(5)6/h3-9H,10-14H2,1-2H3;(H,3,4)(H,5,6). The number of hydrogen-bond donors (Lipinski definition) is 2. The molecule has 0 unspecified atom stereocenters. The molecule has 3 rings (SSSR count). The zero-order valence-corrected chi connectivity index (χ0v) is 17.8. The van der Waals surface area contributed by atoms with Gasteiger partial charge in [-0.15, -0.1) is 0 Å². The van der Waals surface area contributed by atoms with E-state index < -0.39 is 11.9 Å². The van der Waals surface area contributed by atoms with Crippen LogP contribution in [0.1, 0.15) is 15.9 Å². The first-order valence-corrected chi connectivity index (χ1v) is 9.70. The van der Waals surface area contributed by atoms with Crippen LogP contribution in [0.4, 0.5) is 4.39 Å². The highest BCUT2D eigenvalue weighted by molar-refractivity contribution is 6.27. The van der Waals surface area contributed by atoms with Crippen LogP contribution in [0.15, 0.2) is 42.5 Å². The van der Waals surface area contributed by atoms with Gasteiger partial charge in [-0.1, -0.05) is 24.3 Å². The Bertz CT molecular complexity index is 947. The van der Waals surface area contributed by atoms with Crippen LogP contribution in [-0.4, -0.2) is 78.3 Å². The fourth-order valence-corrected chi connectivity index (χ4v) is 3.20. The summed E-state index contributed by atoms with van der Waals surface area (Å²) in [4.78, 5) is 35.0. The van der Waals surface area contributed by atoms with Crippen LogP contribution in [0.25, 0.3) is 0 Å². The lowest BCUT2D eigenvalue weighted by Crippen LogP contribution is -2.48. The molecule has 1 aliphatic heterocycles. The lowest BCUT2D eigenvalue weighted by Gasteiger charge is -2.35. The van der Waals surface area contributed by atoms with Gasteiger partial charge in [0.15, 0.2) is 11.5 Å². The van der Waals surface area contributed by atoms with Crippen molar-refractivity contribution in [2.45, 2.75) is 6.54 Å².